The Kier molecular flexibility index (Phi) is 4.41. The van der Waals surface area contributed by atoms with Gasteiger partial charge in [-0.2, -0.15) is 0 Å². The number of carbonyl (C=O) groups is 1. The van der Waals surface area contributed by atoms with Crippen LogP contribution in [-0.4, -0.2) is 33.3 Å². The van der Waals surface area contributed by atoms with Gasteiger partial charge in [-0.1, -0.05) is 6.07 Å². The average molecular weight is 313 g/mol. The molecule has 0 bridgehead atoms. The lowest BCUT2D eigenvalue weighted by atomic mass is 9.96. The third-order valence-electron chi connectivity index (χ3n) is 3.41. The largest absolute Gasteiger partial charge is 0.497 e. The van der Waals surface area contributed by atoms with Gasteiger partial charge in [0.05, 0.1) is 18.3 Å². The van der Waals surface area contributed by atoms with Crippen LogP contribution in [-0.2, 0) is 21.2 Å². The molecule has 0 saturated heterocycles. The van der Waals surface area contributed by atoms with Crippen LogP contribution in [0.5, 0.6) is 11.5 Å². The molecule has 0 unspecified atom stereocenters. The van der Waals surface area contributed by atoms with Crippen molar-refractivity contribution in [3.63, 3.8) is 0 Å². The zero-order chi connectivity index (χ0) is 15.6. The number of sulfonamides is 1. The molecule has 0 spiro atoms. The van der Waals surface area contributed by atoms with Crippen LogP contribution in [0, 0.1) is 5.92 Å². The fourth-order valence-electron chi connectivity index (χ4n) is 1.99. The first-order chi connectivity index (χ1) is 9.83. The number of benzene rings is 1. The number of ether oxygens (including phenoxy) is 2. The fourth-order valence-corrected chi connectivity index (χ4v) is 2.67. The molecule has 1 amide bonds. The van der Waals surface area contributed by atoms with Gasteiger partial charge in [0, 0.05) is 6.07 Å². The van der Waals surface area contributed by atoms with Crippen molar-refractivity contribution < 1.29 is 22.7 Å². The summed E-state index contributed by atoms with van der Waals surface area (Å²) in [6.07, 6.45) is 0.443. The van der Waals surface area contributed by atoms with E-state index in [4.69, 9.17) is 9.47 Å². The molecule has 6 nitrogen and oxygen atoms in total. The Labute approximate surface area is 124 Å². The average Bonchev–Trinajstić information content (AvgIpc) is 2.45. The highest BCUT2D eigenvalue weighted by Crippen LogP contribution is 2.31. The number of amides is 1. The molecule has 1 aromatic rings. The van der Waals surface area contributed by atoms with Crippen LogP contribution in [0.25, 0.3) is 0 Å². The molecule has 1 N–H and O–H groups in total. The zero-order valence-corrected chi connectivity index (χ0v) is 13.1. The minimum atomic E-state index is -3.61. The maximum absolute atomic E-state index is 12.1. The van der Waals surface area contributed by atoms with Crippen LogP contribution in [0.1, 0.15) is 19.4 Å². The highest BCUT2D eigenvalue weighted by molar-refractivity contribution is 7.90. The number of methoxy groups -OCH3 is 1. The molecule has 1 aliphatic rings. The Bertz CT molecular complexity index is 639. The third-order valence-corrected chi connectivity index (χ3v) is 5.14. The molecule has 1 atom stereocenters. The number of rotatable bonds is 4. The minimum Gasteiger partial charge on any atom is -0.497 e. The summed E-state index contributed by atoms with van der Waals surface area (Å²) in [5, 5.41) is -0.650. The second kappa shape index (κ2) is 5.93. The first kappa shape index (κ1) is 15.6. The minimum absolute atomic E-state index is 0.152. The van der Waals surface area contributed by atoms with E-state index in [9.17, 15) is 13.2 Å². The van der Waals surface area contributed by atoms with Gasteiger partial charge in [0.1, 0.15) is 18.1 Å². The highest BCUT2D eigenvalue weighted by atomic mass is 32.2. The lowest BCUT2D eigenvalue weighted by Gasteiger charge is -2.25. The van der Waals surface area contributed by atoms with Crippen LogP contribution in [0.2, 0.25) is 0 Å². The molecule has 0 fully saturated rings. The molecule has 21 heavy (non-hydrogen) atoms. The van der Waals surface area contributed by atoms with Gasteiger partial charge in [0.2, 0.25) is 15.9 Å². The molecule has 1 aliphatic heterocycles. The number of nitrogens with one attached hydrogen (secondary N) is 1. The molecule has 0 radical (unpaired) electrons. The summed E-state index contributed by atoms with van der Waals surface area (Å²) in [6.45, 7) is 3.20. The van der Waals surface area contributed by atoms with Crippen molar-refractivity contribution >= 4 is 15.9 Å². The number of carbonyl (C=O) groups excluding carboxylic acids is 1. The molecular formula is C14H19NO5S. The standard InChI is InChI=1S/C14H19NO5S/c1-9(2)21(17,18)15-14(16)11-6-10-4-5-12(19-3)7-13(10)20-8-11/h4-5,7,9,11H,6,8H2,1-3H3,(H,15,16)/t11-/m1/s1. The predicted octanol–water partition coefficient (Wildman–Crippen LogP) is 1.10. The number of fused-ring (bicyclic) bond motifs is 1. The lowest BCUT2D eigenvalue weighted by molar-refractivity contribution is -0.124. The molecule has 7 heteroatoms. The molecular weight excluding hydrogens is 294 g/mol. The van der Waals surface area contributed by atoms with E-state index < -0.39 is 27.1 Å². The van der Waals surface area contributed by atoms with Crippen molar-refractivity contribution in [1.29, 1.82) is 0 Å². The Morgan fingerprint density at radius 1 is 1.43 bits per heavy atom. The van der Waals surface area contributed by atoms with Crippen LogP contribution < -0.4 is 14.2 Å². The van der Waals surface area contributed by atoms with Crippen molar-refractivity contribution in [2.75, 3.05) is 13.7 Å². The second-order valence-corrected chi connectivity index (χ2v) is 7.48. The van der Waals surface area contributed by atoms with Gasteiger partial charge in [-0.05, 0) is 31.9 Å². The summed E-state index contributed by atoms with van der Waals surface area (Å²) < 4.78 is 36.2. The number of hydrogen-bond acceptors (Lipinski definition) is 5. The molecule has 2 rings (SSSR count). The van der Waals surface area contributed by atoms with Crippen LogP contribution >= 0.6 is 0 Å². The monoisotopic (exact) mass is 313 g/mol. The van der Waals surface area contributed by atoms with Crippen LogP contribution in [0.3, 0.4) is 0 Å². The zero-order valence-electron chi connectivity index (χ0n) is 12.3. The summed E-state index contributed by atoms with van der Waals surface area (Å²) in [6, 6.07) is 5.37. The Morgan fingerprint density at radius 2 is 2.14 bits per heavy atom. The maximum Gasteiger partial charge on any atom is 0.240 e. The van der Waals surface area contributed by atoms with Gasteiger partial charge in [-0.3, -0.25) is 9.52 Å². The Hall–Kier alpha value is -1.76. The van der Waals surface area contributed by atoms with E-state index in [-0.39, 0.29) is 6.61 Å². The molecule has 0 aliphatic carbocycles. The summed E-state index contributed by atoms with van der Waals surface area (Å²) in [7, 11) is -2.04. The van der Waals surface area contributed by atoms with Crippen molar-refractivity contribution in [3.8, 4) is 11.5 Å². The molecule has 0 aromatic heterocycles. The third kappa shape index (κ3) is 3.47. The summed E-state index contributed by atoms with van der Waals surface area (Å²) in [5.41, 5.74) is 0.865. The van der Waals surface area contributed by atoms with Gasteiger partial charge in [0.15, 0.2) is 0 Å². The van der Waals surface area contributed by atoms with E-state index in [0.29, 0.717) is 17.9 Å². The Morgan fingerprint density at radius 3 is 2.76 bits per heavy atom. The van der Waals surface area contributed by atoms with E-state index in [2.05, 4.69) is 4.72 Å². The van der Waals surface area contributed by atoms with Gasteiger partial charge in [-0.25, -0.2) is 8.42 Å². The van der Waals surface area contributed by atoms with Crippen molar-refractivity contribution in [3.05, 3.63) is 23.8 Å². The van der Waals surface area contributed by atoms with E-state index in [1.54, 1.807) is 19.2 Å². The summed E-state index contributed by atoms with van der Waals surface area (Å²) in [4.78, 5) is 12.1. The number of hydrogen-bond donors (Lipinski definition) is 1. The van der Waals surface area contributed by atoms with E-state index in [0.717, 1.165) is 5.56 Å². The molecule has 1 aromatic carbocycles. The second-order valence-electron chi connectivity index (χ2n) is 5.25. The quantitative estimate of drug-likeness (QED) is 0.900. The van der Waals surface area contributed by atoms with E-state index in [1.807, 2.05) is 6.07 Å². The van der Waals surface area contributed by atoms with Crippen molar-refractivity contribution in [2.45, 2.75) is 25.5 Å². The summed E-state index contributed by atoms with van der Waals surface area (Å²) in [5.74, 6) is 0.314. The maximum atomic E-state index is 12.1. The normalized spacial score (nSPS) is 17.8. The van der Waals surface area contributed by atoms with Crippen molar-refractivity contribution in [1.82, 2.24) is 4.72 Å². The summed E-state index contributed by atoms with van der Waals surface area (Å²) >= 11 is 0. The molecule has 116 valence electrons. The van der Waals surface area contributed by atoms with E-state index in [1.165, 1.54) is 13.8 Å². The Balaban J connectivity index is 2.09. The SMILES string of the molecule is COc1ccc2c(c1)OC[C@H](C(=O)NS(=O)(=O)C(C)C)C2. The first-order valence-corrected chi connectivity index (χ1v) is 8.23. The van der Waals surface area contributed by atoms with Gasteiger partial charge in [-0.15, -0.1) is 0 Å². The molecule has 0 saturated carbocycles. The highest BCUT2D eigenvalue weighted by Gasteiger charge is 2.29. The fraction of sp³-hybridized carbons (Fsp3) is 0.500. The van der Waals surface area contributed by atoms with E-state index >= 15 is 0 Å². The first-order valence-electron chi connectivity index (χ1n) is 6.68. The van der Waals surface area contributed by atoms with Gasteiger partial charge < -0.3 is 9.47 Å². The van der Waals surface area contributed by atoms with Crippen LogP contribution in [0.15, 0.2) is 18.2 Å². The van der Waals surface area contributed by atoms with Crippen LogP contribution in [0.4, 0.5) is 0 Å². The topological polar surface area (TPSA) is 81.7 Å². The van der Waals surface area contributed by atoms with Gasteiger partial charge >= 0.3 is 0 Å². The smallest absolute Gasteiger partial charge is 0.240 e. The predicted molar refractivity (Wildman–Crippen MR) is 77.9 cm³/mol. The molecule has 1 heterocycles. The van der Waals surface area contributed by atoms with Crippen molar-refractivity contribution in [2.24, 2.45) is 5.92 Å². The van der Waals surface area contributed by atoms with Gasteiger partial charge in [0.25, 0.3) is 0 Å². The lowest BCUT2D eigenvalue weighted by Crippen LogP contribution is -2.42.